The standard InChI is InChI=1S/C22H19ClN2O6/c1-12(2)31-22(29)14-5-4-6-16(11-14)25-19(26)17(23)18(20(25)27)24-15-9-7-13(8-10-15)21(28)30-3/h4-12,24H,1-3H3. The van der Waals surface area contributed by atoms with E-state index in [1.54, 1.807) is 26.0 Å². The van der Waals surface area contributed by atoms with Crippen LogP contribution in [0.15, 0.2) is 59.3 Å². The van der Waals surface area contributed by atoms with Crippen LogP contribution in [0.1, 0.15) is 34.6 Å². The van der Waals surface area contributed by atoms with Crippen molar-refractivity contribution in [1.29, 1.82) is 0 Å². The molecule has 1 heterocycles. The van der Waals surface area contributed by atoms with E-state index in [-0.39, 0.29) is 28.1 Å². The molecule has 2 amide bonds. The molecule has 2 aromatic carbocycles. The first-order valence-electron chi connectivity index (χ1n) is 9.28. The first kappa shape index (κ1) is 22.0. The van der Waals surface area contributed by atoms with Crippen molar-refractivity contribution in [2.45, 2.75) is 20.0 Å². The van der Waals surface area contributed by atoms with Crippen molar-refractivity contribution < 1.29 is 28.7 Å². The maximum absolute atomic E-state index is 12.9. The molecule has 0 atom stereocenters. The van der Waals surface area contributed by atoms with E-state index in [0.717, 1.165) is 4.90 Å². The number of halogens is 1. The Hall–Kier alpha value is -3.65. The first-order chi connectivity index (χ1) is 14.7. The van der Waals surface area contributed by atoms with Gasteiger partial charge in [-0.3, -0.25) is 9.59 Å². The molecule has 160 valence electrons. The highest BCUT2D eigenvalue weighted by Crippen LogP contribution is 2.30. The maximum Gasteiger partial charge on any atom is 0.338 e. The number of benzene rings is 2. The lowest BCUT2D eigenvalue weighted by Gasteiger charge is -2.16. The number of rotatable bonds is 6. The number of nitrogens with zero attached hydrogens (tertiary/aromatic N) is 1. The van der Waals surface area contributed by atoms with Crippen LogP contribution in [-0.4, -0.2) is 37.0 Å². The van der Waals surface area contributed by atoms with Crippen molar-refractivity contribution >= 4 is 46.7 Å². The Labute approximate surface area is 183 Å². The Morgan fingerprint density at radius 2 is 1.65 bits per heavy atom. The molecule has 1 N–H and O–H groups in total. The van der Waals surface area contributed by atoms with Crippen molar-refractivity contribution in [2.24, 2.45) is 0 Å². The van der Waals surface area contributed by atoms with E-state index in [0.29, 0.717) is 11.3 Å². The van der Waals surface area contributed by atoms with E-state index < -0.39 is 23.8 Å². The Kier molecular flexibility index (Phi) is 6.41. The number of nitrogens with one attached hydrogen (secondary N) is 1. The van der Waals surface area contributed by atoms with Gasteiger partial charge in [0.15, 0.2) is 0 Å². The number of hydrogen-bond donors (Lipinski definition) is 1. The minimum absolute atomic E-state index is 0.118. The lowest BCUT2D eigenvalue weighted by Crippen LogP contribution is -2.32. The van der Waals surface area contributed by atoms with Crippen LogP contribution >= 0.6 is 11.6 Å². The van der Waals surface area contributed by atoms with Gasteiger partial charge in [-0.2, -0.15) is 0 Å². The third-order valence-electron chi connectivity index (χ3n) is 4.29. The molecule has 0 bridgehead atoms. The molecule has 3 rings (SSSR count). The van der Waals surface area contributed by atoms with E-state index >= 15 is 0 Å². The first-order valence-corrected chi connectivity index (χ1v) is 9.65. The molecular weight excluding hydrogens is 424 g/mol. The molecule has 2 aromatic rings. The van der Waals surface area contributed by atoms with Crippen LogP contribution in [0.4, 0.5) is 11.4 Å². The van der Waals surface area contributed by atoms with Crippen molar-refractivity contribution in [3.05, 3.63) is 70.4 Å². The van der Waals surface area contributed by atoms with Gasteiger partial charge in [0.1, 0.15) is 10.7 Å². The zero-order valence-electron chi connectivity index (χ0n) is 17.0. The Balaban J connectivity index is 1.83. The fourth-order valence-electron chi connectivity index (χ4n) is 2.85. The zero-order chi connectivity index (χ0) is 22.7. The number of ether oxygens (including phenoxy) is 2. The second-order valence-electron chi connectivity index (χ2n) is 6.83. The molecule has 0 fully saturated rings. The monoisotopic (exact) mass is 442 g/mol. The highest BCUT2D eigenvalue weighted by Gasteiger charge is 2.39. The molecule has 1 aliphatic heterocycles. The van der Waals surface area contributed by atoms with Gasteiger partial charge in [0.2, 0.25) is 0 Å². The van der Waals surface area contributed by atoms with Crippen molar-refractivity contribution in [3.8, 4) is 0 Å². The fourth-order valence-corrected chi connectivity index (χ4v) is 3.06. The molecule has 8 nitrogen and oxygen atoms in total. The lowest BCUT2D eigenvalue weighted by molar-refractivity contribution is -0.120. The number of esters is 2. The maximum atomic E-state index is 12.9. The summed E-state index contributed by atoms with van der Waals surface area (Å²) in [7, 11) is 1.27. The van der Waals surface area contributed by atoms with E-state index in [4.69, 9.17) is 16.3 Å². The minimum atomic E-state index is -0.727. The van der Waals surface area contributed by atoms with Gasteiger partial charge in [-0.1, -0.05) is 17.7 Å². The average Bonchev–Trinajstić information content (AvgIpc) is 2.96. The number of carbonyl (C=O) groups is 4. The predicted molar refractivity (Wildman–Crippen MR) is 114 cm³/mol. The van der Waals surface area contributed by atoms with Crippen LogP contribution in [0.5, 0.6) is 0 Å². The van der Waals surface area contributed by atoms with Gasteiger partial charge in [0.25, 0.3) is 11.8 Å². The van der Waals surface area contributed by atoms with Crippen LogP contribution < -0.4 is 10.2 Å². The van der Waals surface area contributed by atoms with Gasteiger partial charge in [-0.25, -0.2) is 14.5 Å². The highest BCUT2D eigenvalue weighted by molar-refractivity contribution is 6.53. The summed E-state index contributed by atoms with van der Waals surface area (Å²) >= 11 is 6.13. The second-order valence-corrected chi connectivity index (χ2v) is 7.21. The third kappa shape index (κ3) is 4.59. The SMILES string of the molecule is COC(=O)c1ccc(NC2=C(Cl)C(=O)N(c3cccc(C(=O)OC(C)C)c3)C2=O)cc1. The fraction of sp³-hybridized carbons (Fsp3) is 0.182. The van der Waals surface area contributed by atoms with Gasteiger partial charge < -0.3 is 14.8 Å². The quantitative estimate of drug-likeness (QED) is 0.539. The molecule has 9 heteroatoms. The summed E-state index contributed by atoms with van der Waals surface area (Å²) in [6.45, 7) is 3.43. The molecule has 0 saturated carbocycles. The van der Waals surface area contributed by atoms with Gasteiger partial charge >= 0.3 is 11.9 Å². The number of amides is 2. The second kappa shape index (κ2) is 9.01. The largest absolute Gasteiger partial charge is 0.465 e. The van der Waals surface area contributed by atoms with Crippen molar-refractivity contribution in [3.63, 3.8) is 0 Å². The average molecular weight is 443 g/mol. The number of imide groups is 1. The highest BCUT2D eigenvalue weighted by atomic mass is 35.5. The van der Waals surface area contributed by atoms with E-state index in [2.05, 4.69) is 10.1 Å². The molecule has 31 heavy (non-hydrogen) atoms. The van der Waals surface area contributed by atoms with Crippen LogP contribution in [0, 0.1) is 0 Å². The summed E-state index contributed by atoms with van der Waals surface area (Å²) in [6.07, 6.45) is -0.316. The molecule has 0 aliphatic carbocycles. The molecule has 0 unspecified atom stereocenters. The summed E-state index contributed by atoms with van der Waals surface area (Å²) in [5, 5.41) is 2.52. The smallest absolute Gasteiger partial charge is 0.338 e. The Morgan fingerprint density at radius 3 is 2.26 bits per heavy atom. The van der Waals surface area contributed by atoms with Gasteiger partial charge in [0.05, 0.1) is 30.0 Å². The molecule has 0 aromatic heterocycles. The number of anilines is 2. The zero-order valence-corrected chi connectivity index (χ0v) is 17.7. The summed E-state index contributed by atoms with van der Waals surface area (Å²) < 4.78 is 9.79. The molecule has 0 radical (unpaired) electrons. The minimum Gasteiger partial charge on any atom is -0.465 e. The van der Waals surface area contributed by atoms with Crippen LogP contribution in [0.25, 0.3) is 0 Å². The Morgan fingerprint density at radius 1 is 0.968 bits per heavy atom. The summed E-state index contributed by atoms with van der Waals surface area (Å²) in [5.74, 6) is -2.48. The topological polar surface area (TPSA) is 102 Å². The van der Waals surface area contributed by atoms with Gasteiger partial charge in [-0.05, 0) is 56.3 Å². The van der Waals surface area contributed by atoms with Crippen LogP contribution in [0.2, 0.25) is 0 Å². The van der Waals surface area contributed by atoms with E-state index in [1.807, 2.05) is 0 Å². The number of carbonyl (C=O) groups excluding carboxylic acids is 4. The normalized spacial score (nSPS) is 13.6. The third-order valence-corrected chi connectivity index (χ3v) is 4.64. The van der Waals surface area contributed by atoms with Crippen molar-refractivity contribution in [1.82, 2.24) is 0 Å². The summed E-state index contributed by atoms with van der Waals surface area (Å²) in [6, 6.07) is 12.1. The predicted octanol–water partition coefficient (Wildman–Crippen LogP) is 3.47. The molecule has 0 spiro atoms. The van der Waals surface area contributed by atoms with E-state index in [9.17, 15) is 19.2 Å². The molecule has 1 aliphatic rings. The summed E-state index contributed by atoms with van der Waals surface area (Å²) in [5.41, 5.74) is 1.03. The summed E-state index contributed by atoms with van der Waals surface area (Å²) in [4.78, 5) is 50.2. The van der Waals surface area contributed by atoms with Crippen LogP contribution in [-0.2, 0) is 19.1 Å². The van der Waals surface area contributed by atoms with E-state index in [1.165, 1.54) is 43.5 Å². The van der Waals surface area contributed by atoms with Gasteiger partial charge in [-0.15, -0.1) is 0 Å². The van der Waals surface area contributed by atoms with Gasteiger partial charge in [0, 0.05) is 5.69 Å². The van der Waals surface area contributed by atoms with Crippen molar-refractivity contribution in [2.75, 3.05) is 17.3 Å². The number of hydrogen-bond acceptors (Lipinski definition) is 7. The Bertz CT molecular complexity index is 1090. The molecule has 0 saturated heterocycles. The lowest BCUT2D eigenvalue weighted by atomic mass is 10.2. The molecular formula is C22H19ClN2O6. The number of methoxy groups -OCH3 is 1. The van der Waals surface area contributed by atoms with Crippen LogP contribution in [0.3, 0.4) is 0 Å².